The summed E-state index contributed by atoms with van der Waals surface area (Å²) < 4.78 is 19.6. The number of rotatable bonds is 2. The molecule has 0 bridgehead atoms. The highest BCUT2D eigenvalue weighted by Gasteiger charge is 1.97. The molecule has 0 aromatic rings. The molecule has 0 aliphatic heterocycles. The highest BCUT2D eigenvalue weighted by atomic mass is 31.2. The molecule has 0 saturated carbocycles. The Hall–Kier alpha value is 0.0400. The molecule has 0 aliphatic rings. The van der Waals surface area contributed by atoms with Gasteiger partial charge in [-0.3, -0.25) is 0 Å². The Kier molecular flexibility index (Phi) is 2.98. The Bertz CT molecular complexity index is 194. The van der Waals surface area contributed by atoms with Crippen molar-refractivity contribution < 1.29 is 28.7 Å². The van der Waals surface area contributed by atoms with E-state index in [2.05, 4.69) is 0 Å². The van der Waals surface area contributed by atoms with Crippen molar-refractivity contribution in [2.45, 2.75) is 0 Å². The Morgan fingerprint density at radius 2 is 1.20 bits per heavy atom. The van der Waals surface area contributed by atoms with Crippen LogP contribution in [0.25, 0.3) is 0 Å². The third-order valence-electron chi connectivity index (χ3n) is 0.443. The van der Waals surface area contributed by atoms with E-state index in [1.165, 1.54) is 0 Å². The molecular weight excluding hydrogens is 182 g/mol. The molecule has 2 N–H and O–H groups in total. The van der Waals surface area contributed by atoms with Gasteiger partial charge in [-0.05, 0) is 11.6 Å². The lowest BCUT2D eigenvalue weighted by Gasteiger charge is -2.13. The van der Waals surface area contributed by atoms with Gasteiger partial charge in [0.15, 0.2) is 15.2 Å². The van der Waals surface area contributed by atoms with Crippen molar-refractivity contribution >= 4 is 15.2 Å². The quantitative estimate of drug-likeness (QED) is 0.508. The van der Waals surface area contributed by atoms with E-state index < -0.39 is 15.2 Å². The summed E-state index contributed by atoms with van der Waals surface area (Å²) in [7, 11) is -9.45. The third kappa shape index (κ3) is 8.04. The molecule has 0 aromatic carbocycles. The van der Waals surface area contributed by atoms with E-state index in [0.29, 0.717) is 0 Å². The largest absolute Gasteiger partial charge is 0.776 e. The average molecular weight is 186 g/mol. The van der Waals surface area contributed by atoms with Crippen LogP contribution in [0.4, 0.5) is 0 Å². The van der Waals surface area contributed by atoms with Crippen molar-refractivity contribution in [1.82, 2.24) is 0 Å². The monoisotopic (exact) mass is 186 g/mol. The van der Waals surface area contributed by atoms with Gasteiger partial charge < -0.3 is 28.7 Å². The Labute approximate surface area is 56.5 Å². The van der Waals surface area contributed by atoms with Crippen LogP contribution in [0.1, 0.15) is 0 Å². The smallest absolute Gasteiger partial charge is 0.155 e. The first-order valence-electron chi connectivity index (χ1n) is 1.98. The molecule has 0 saturated heterocycles. The zero-order valence-electron chi connectivity index (χ0n) is 4.58. The second kappa shape index (κ2) is 2.96. The number of hydrogen-bond acceptors (Lipinski definition) is 4. The molecule has 0 spiro atoms. The SMILES string of the molecule is O=P([O-])(O)C=CP(=O)([O-])O. The molecular formula is C2H4O6P2-2. The molecule has 0 amide bonds. The predicted octanol–water partition coefficient (Wildman–Crippen LogP) is -1.45. The van der Waals surface area contributed by atoms with Gasteiger partial charge in [0.1, 0.15) is 0 Å². The van der Waals surface area contributed by atoms with E-state index in [-0.39, 0.29) is 11.6 Å². The molecule has 0 rings (SSSR count). The second-order valence-electron chi connectivity index (χ2n) is 1.43. The molecule has 6 nitrogen and oxygen atoms in total. The van der Waals surface area contributed by atoms with Crippen molar-refractivity contribution in [1.29, 1.82) is 0 Å². The minimum atomic E-state index is -4.72. The average Bonchev–Trinajstić information content (AvgIpc) is 1.57. The molecule has 0 aromatic heterocycles. The van der Waals surface area contributed by atoms with Crippen molar-refractivity contribution in [3.8, 4) is 0 Å². The van der Waals surface area contributed by atoms with Gasteiger partial charge >= 0.3 is 0 Å². The lowest BCUT2D eigenvalue weighted by atomic mass is 11.3. The van der Waals surface area contributed by atoms with Crippen LogP contribution in [0.2, 0.25) is 0 Å². The molecule has 0 fully saturated rings. The van der Waals surface area contributed by atoms with Gasteiger partial charge in [-0.25, -0.2) is 0 Å². The van der Waals surface area contributed by atoms with Gasteiger partial charge in [-0.2, -0.15) is 0 Å². The van der Waals surface area contributed by atoms with Crippen LogP contribution in [0, 0.1) is 0 Å². The molecule has 2 atom stereocenters. The molecule has 0 heterocycles. The second-order valence-corrected chi connectivity index (χ2v) is 4.28. The molecule has 10 heavy (non-hydrogen) atoms. The summed E-state index contributed by atoms with van der Waals surface area (Å²) in [6.07, 6.45) is 0. The summed E-state index contributed by atoms with van der Waals surface area (Å²) in [4.78, 5) is 35.5. The zero-order valence-corrected chi connectivity index (χ0v) is 6.37. The Balaban J connectivity index is 4.31. The normalized spacial score (nSPS) is 24.0. The summed E-state index contributed by atoms with van der Waals surface area (Å²) in [5.74, 6) is 0.00154. The van der Waals surface area contributed by atoms with Crippen LogP contribution in [-0.2, 0) is 9.13 Å². The van der Waals surface area contributed by atoms with Crippen molar-refractivity contribution in [2.75, 3.05) is 0 Å². The highest BCUT2D eigenvalue weighted by Crippen LogP contribution is 2.38. The first-order valence-corrected chi connectivity index (χ1v) is 5.27. The van der Waals surface area contributed by atoms with E-state index in [4.69, 9.17) is 9.79 Å². The fourth-order valence-electron chi connectivity index (χ4n) is 0.168. The minimum Gasteiger partial charge on any atom is -0.776 e. The molecule has 2 unspecified atom stereocenters. The van der Waals surface area contributed by atoms with Crippen molar-refractivity contribution in [2.24, 2.45) is 0 Å². The fraction of sp³-hybridized carbons (Fsp3) is 0. The maximum atomic E-state index is 9.80. The van der Waals surface area contributed by atoms with Gasteiger partial charge in [0.2, 0.25) is 0 Å². The van der Waals surface area contributed by atoms with Crippen LogP contribution in [-0.4, -0.2) is 9.79 Å². The van der Waals surface area contributed by atoms with Gasteiger partial charge in [0.05, 0.1) is 0 Å². The third-order valence-corrected chi connectivity index (χ3v) is 1.73. The Morgan fingerprint density at radius 3 is 1.30 bits per heavy atom. The summed E-state index contributed by atoms with van der Waals surface area (Å²) >= 11 is 0. The van der Waals surface area contributed by atoms with Crippen LogP contribution in [0.3, 0.4) is 0 Å². The highest BCUT2D eigenvalue weighted by molar-refractivity contribution is 7.57. The van der Waals surface area contributed by atoms with Crippen LogP contribution < -0.4 is 9.79 Å². The molecule has 0 radical (unpaired) electrons. The number of hydrogen-bond donors (Lipinski definition) is 2. The van der Waals surface area contributed by atoms with E-state index >= 15 is 0 Å². The van der Waals surface area contributed by atoms with Gasteiger partial charge in [-0.1, -0.05) is 0 Å². The van der Waals surface area contributed by atoms with E-state index in [9.17, 15) is 18.9 Å². The minimum absolute atomic E-state index is 0.000772. The first kappa shape index (κ1) is 10.0. The van der Waals surface area contributed by atoms with Crippen LogP contribution >= 0.6 is 15.2 Å². The lowest BCUT2D eigenvalue weighted by molar-refractivity contribution is -0.192. The molecule has 8 heteroatoms. The van der Waals surface area contributed by atoms with Crippen LogP contribution in [0.15, 0.2) is 11.6 Å². The first-order chi connectivity index (χ1) is 4.21. The molecule has 60 valence electrons. The summed E-state index contributed by atoms with van der Waals surface area (Å²) in [6.45, 7) is 0. The van der Waals surface area contributed by atoms with Crippen molar-refractivity contribution in [3.63, 3.8) is 0 Å². The van der Waals surface area contributed by atoms with E-state index in [1.54, 1.807) is 0 Å². The van der Waals surface area contributed by atoms with Crippen LogP contribution in [0.5, 0.6) is 0 Å². The summed E-state index contributed by atoms with van der Waals surface area (Å²) in [5.41, 5.74) is 0. The lowest BCUT2D eigenvalue weighted by Crippen LogP contribution is -1.97. The summed E-state index contributed by atoms with van der Waals surface area (Å²) in [6, 6.07) is 0. The maximum absolute atomic E-state index is 9.80. The van der Waals surface area contributed by atoms with E-state index in [1.807, 2.05) is 0 Å². The standard InChI is InChI=1S/C2H6O6P2/c3-9(4,5)1-2-10(6,7)8/h1-2H,(H2,3,4,5)(H2,6,7,8)/p-2. The fourth-order valence-corrected chi connectivity index (χ4v) is 1.52. The van der Waals surface area contributed by atoms with Gasteiger partial charge in [0.25, 0.3) is 0 Å². The Morgan fingerprint density at radius 1 is 1.00 bits per heavy atom. The predicted molar refractivity (Wildman–Crippen MR) is 28.8 cm³/mol. The van der Waals surface area contributed by atoms with Gasteiger partial charge in [-0.15, -0.1) is 0 Å². The maximum Gasteiger partial charge on any atom is 0.155 e. The van der Waals surface area contributed by atoms with Gasteiger partial charge in [0, 0.05) is 0 Å². The summed E-state index contributed by atoms with van der Waals surface area (Å²) in [5, 5.41) is 0. The topological polar surface area (TPSA) is 121 Å². The molecule has 0 aliphatic carbocycles. The van der Waals surface area contributed by atoms with E-state index in [0.717, 1.165) is 0 Å². The zero-order chi connectivity index (χ0) is 8.41. The van der Waals surface area contributed by atoms with Crippen molar-refractivity contribution in [3.05, 3.63) is 11.6 Å².